The van der Waals surface area contributed by atoms with Gasteiger partial charge in [-0.2, -0.15) is 0 Å². The summed E-state index contributed by atoms with van der Waals surface area (Å²) in [5, 5.41) is 2.12. The Morgan fingerprint density at radius 1 is 1.42 bits per heavy atom. The van der Waals surface area contributed by atoms with Gasteiger partial charge in [0.2, 0.25) is 0 Å². The van der Waals surface area contributed by atoms with E-state index in [1.165, 1.54) is 10.4 Å². The standard InChI is InChI=1S/C9H10N2S/c1-6-4-10-9(11-6)8-3-7(2)12-5-8/h3-5H,1-2H3,(H,10,11). The highest BCUT2D eigenvalue weighted by Gasteiger charge is 2.02. The quantitative estimate of drug-likeness (QED) is 0.714. The van der Waals surface area contributed by atoms with Gasteiger partial charge < -0.3 is 4.98 Å². The van der Waals surface area contributed by atoms with Crippen molar-refractivity contribution in [2.75, 3.05) is 0 Å². The molecule has 2 aromatic rings. The van der Waals surface area contributed by atoms with Crippen LogP contribution in [0.5, 0.6) is 0 Å². The molecule has 62 valence electrons. The van der Waals surface area contributed by atoms with E-state index in [4.69, 9.17) is 0 Å². The molecule has 2 heterocycles. The number of thiophene rings is 1. The first-order valence-electron chi connectivity index (χ1n) is 3.83. The molecule has 2 rings (SSSR count). The largest absolute Gasteiger partial charge is 0.342 e. The third-order valence-corrected chi connectivity index (χ3v) is 2.57. The Morgan fingerprint density at radius 2 is 2.25 bits per heavy atom. The number of imidazole rings is 1. The van der Waals surface area contributed by atoms with Gasteiger partial charge in [-0.25, -0.2) is 4.98 Å². The van der Waals surface area contributed by atoms with Gasteiger partial charge in [-0.15, -0.1) is 11.3 Å². The van der Waals surface area contributed by atoms with Crippen molar-refractivity contribution >= 4 is 11.3 Å². The molecule has 0 atom stereocenters. The molecular formula is C9H10N2S. The van der Waals surface area contributed by atoms with Crippen molar-refractivity contribution in [3.05, 3.63) is 28.2 Å². The van der Waals surface area contributed by atoms with Gasteiger partial charge in [-0.1, -0.05) is 0 Å². The topological polar surface area (TPSA) is 28.7 Å². The van der Waals surface area contributed by atoms with Crippen LogP contribution in [0.15, 0.2) is 17.6 Å². The lowest BCUT2D eigenvalue weighted by atomic mass is 10.3. The average Bonchev–Trinajstić information content (AvgIpc) is 2.58. The van der Waals surface area contributed by atoms with Crippen LogP contribution in [0.2, 0.25) is 0 Å². The molecule has 0 saturated carbocycles. The second kappa shape index (κ2) is 2.75. The molecule has 2 nitrogen and oxygen atoms in total. The summed E-state index contributed by atoms with van der Waals surface area (Å²) in [5.74, 6) is 0.969. The second-order valence-corrected chi connectivity index (χ2v) is 3.98. The second-order valence-electron chi connectivity index (χ2n) is 2.86. The van der Waals surface area contributed by atoms with Gasteiger partial charge in [0.1, 0.15) is 5.82 Å². The molecule has 0 amide bonds. The fraction of sp³-hybridized carbons (Fsp3) is 0.222. The van der Waals surface area contributed by atoms with E-state index in [9.17, 15) is 0 Å². The van der Waals surface area contributed by atoms with E-state index < -0.39 is 0 Å². The number of nitrogens with zero attached hydrogens (tertiary/aromatic N) is 1. The maximum atomic E-state index is 4.25. The summed E-state index contributed by atoms with van der Waals surface area (Å²) in [6.07, 6.45) is 1.85. The summed E-state index contributed by atoms with van der Waals surface area (Å²) in [7, 11) is 0. The van der Waals surface area contributed by atoms with Crippen LogP contribution < -0.4 is 0 Å². The highest BCUT2D eigenvalue weighted by molar-refractivity contribution is 7.10. The SMILES string of the molecule is Cc1cnc(-c2csc(C)c2)[nH]1. The zero-order valence-corrected chi connectivity index (χ0v) is 7.90. The number of nitrogens with one attached hydrogen (secondary N) is 1. The van der Waals surface area contributed by atoms with Crippen LogP contribution in [0.3, 0.4) is 0 Å². The van der Waals surface area contributed by atoms with E-state index in [2.05, 4.69) is 28.3 Å². The zero-order chi connectivity index (χ0) is 8.55. The lowest BCUT2D eigenvalue weighted by Crippen LogP contribution is -1.75. The lowest BCUT2D eigenvalue weighted by Gasteiger charge is -1.87. The Bertz CT molecular complexity index is 348. The van der Waals surface area contributed by atoms with Crippen LogP contribution in [0.25, 0.3) is 11.4 Å². The van der Waals surface area contributed by atoms with E-state index in [-0.39, 0.29) is 0 Å². The van der Waals surface area contributed by atoms with Crippen molar-refractivity contribution < 1.29 is 0 Å². The molecule has 0 aliphatic carbocycles. The van der Waals surface area contributed by atoms with Gasteiger partial charge in [0, 0.05) is 27.7 Å². The van der Waals surface area contributed by atoms with Crippen molar-refractivity contribution in [3.63, 3.8) is 0 Å². The predicted octanol–water partition coefficient (Wildman–Crippen LogP) is 2.76. The van der Waals surface area contributed by atoms with Gasteiger partial charge >= 0.3 is 0 Å². The molecular weight excluding hydrogens is 168 g/mol. The Balaban J connectivity index is 2.43. The molecule has 3 heteroatoms. The van der Waals surface area contributed by atoms with Crippen LogP contribution in [-0.4, -0.2) is 9.97 Å². The first kappa shape index (κ1) is 7.55. The third-order valence-electron chi connectivity index (χ3n) is 1.71. The molecule has 0 spiro atoms. The number of aromatic nitrogens is 2. The molecule has 0 aromatic carbocycles. The van der Waals surface area contributed by atoms with Crippen molar-refractivity contribution in [2.45, 2.75) is 13.8 Å². The minimum atomic E-state index is 0.969. The monoisotopic (exact) mass is 178 g/mol. The minimum Gasteiger partial charge on any atom is -0.342 e. The van der Waals surface area contributed by atoms with Gasteiger partial charge in [-0.05, 0) is 19.9 Å². The number of hydrogen-bond acceptors (Lipinski definition) is 2. The normalized spacial score (nSPS) is 10.5. The molecule has 2 aromatic heterocycles. The summed E-state index contributed by atoms with van der Waals surface area (Å²) in [6.45, 7) is 4.11. The number of H-pyrrole nitrogens is 1. The minimum absolute atomic E-state index is 0.969. The molecule has 0 radical (unpaired) electrons. The molecule has 0 fully saturated rings. The van der Waals surface area contributed by atoms with Gasteiger partial charge in [0.15, 0.2) is 0 Å². The fourth-order valence-electron chi connectivity index (χ4n) is 1.13. The fourth-order valence-corrected chi connectivity index (χ4v) is 1.81. The molecule has 0 aliphatic rings. The molecule has 0 unspecified atom stereocenters. The summed E-state index contributed by atoms with van der Waals surface area (Å²) in [5.41, 5.74) is 2.29. The third kappa shape index (κ3) is 1.28. The molecule has 0 aliphatic heterocycles. The first-order valence-corrected chi connectivity index (χ1v) is 4.71. The summed E-state index contributed by atoms with van der Waals surface area (Å²) in [6, 6.07) is 2.14. The van der Waals surface area contributed by atoms with Crippen LogP contribution in [0.1, 0.15) is 10.6 Å². The number of rotatable bonds is 1. The lowest BCUT2D eigenvalue weighted by molar-refractivity contribution is 1.26. The average molecular weight is 178 g/mol. The zero-order valence-electron chi connectivity index (χ0n) is 7.09. The van der Waals surface area contributed by atoms with Crippen molar-refractivity contribution in [3.8, 4) is 11.4 Å². The maximum absolute atomic E-state index is 4.25. The molecule has 12 heavy (non-hydrogen) atoms. The van der Waals surface area contributed by atoms with Gasteiger partial charge in [0.25, 0.3) is 0 Å². The van der Waals surface area contributed by atoms with E-state index in [1.807, 2.05) is 13.1 Å². The van der Waals surface area contributed by atoms with E-state index >= 15 is 0 Å². The van der Waals surface area contributed by atoms with Crippen LogP contribution >= 0.6 is 11.3 Å². The van der Waals surface area contributed by atoms with Crippen molar-refractivity contribution in [2.24, 2.45) is 0 Å². The van der Waals surface area contributed by atoms with Crippen molar-refractivity contribution in [1.82, 2.24) is 9.97 Å². The molecule has 1 N–H and O–H groups in total. The van der Waals surface area contributed by atoms with Crippen LogP contribution in [0, 0.1) is 13.8 Å². The smallest absolute Gasteiger partial charge is 0.138 e. The van der Waals surface area contributed by atoms with Gasteiger partial charge in [0.05, 0.1) is 0 Å². The number of hydrogen-bond donors (Lipinski definition) is 1. The Labute approximate surface area is 75.3 Å². The van der Waals surface area contributed by atoms with Crippen LogP contribution in [0.4, 0.5) is 0 Å². The maximum Gasteiger partial charge on any atom is 0.138 e. The number of aryl methyl sites for hydroxylation is 2. The molecule has 0 saturated heterocycles. The summed E-state index contributed by atoms with van der Waals surface area (Å²) >= 11 is 1.75. The molecule has 0 bridgehead atoms. The number of aromatic amines is 1. The highest BCUT2D eigenvalue weighted by Crippen LogP contribution is 2.22. The van der Waals surface area contributed by atoms with E-state index in [1.54, 1.807) is 11.3 Å². The van der Waals surface area contributed by atoms with E-state index in [0.717, 1.165) is 11.5 Å². The summed E-state index contributed by atoms with van der Waals surface area (Å²) < 4.78 is 0. The Morgan fingerprint density at radius 3 is 2.75 bits per heavy atom. The Hall–Kier alpha value is -1.09. The van der Waals surface area contributed by atoms with Gasteiger partial charge in [-0.3, -0.25) is 0 Å². The first-order chi connectivity index (χ1) is 5.75. The predicted molar refractivity (Wildman–Crippen MR) is 51.4 cm³/mol. The Kier molecular flexibility index (Phi) is 1.73. The van der Waals surface area contributed by atoms with E-state index in [0.29, 0.717) is 0 Å². The highest BCUT2D eigenvalue weighted by atomic mass is 32.1. The summed E-state index contributed by atoms with van der Waals surface area (Å²) in [4.78, 5) is 8.77. The van der Waals surface area contributed by atoms with Crippen molar-refractivity contribution in [1.29, 1.82) is 0 Å². The van der Waals surface area contributed by atoms with Crippen LogP contribution in [-0.2, 0) is 0 Å².